The van der Waals surface area contributed by atoms with Crippen LogP contribution < -0.4 is 0 Å². The van der Waals surface area contributed by atoms with Crippen LogP contribution in [0, 0.1) is 16.7 Å². The van der Waals surface area contributed by atoms with E-state index in [-0.39, 0.29) is 40.1 Å². The Morgan fingerprint density at radius 3 is 2.74 bits per heavy atom. The topological polar surface area (TPSA) is 72.6 Å². The number of carbonyl (C=O) groups excluding carboxylic acids is 1. The second-order valence-corrected chi connectivity index (χ2v) is 9.68. The summed E-state index contributed by atoms with van der Waals surface area (Å²) in [5.74, 6) is 1.34. The quantitative estimate of drug-likeness (QED) is 0.565. The van der Waals surface area contributed by atoms with Gasteiger partial charge in [0.05, 0.1) is 0 Å². The van der Waals surface area contributed by atoms with E-state index in [1.807, 2.05) is 6.08 Å². The molecule has 4 rings (SSSR count). The van der Waals surface area contributed by atoms with Gasteiger partial charge in [-0.1, -0.05) is 39.3 Å². The van der Waals surface area contributed by atoms with Gasteiger partial charge in [-0.2, -0.15) is 0 Å². The van der Waals surface area contributed by atoms with Crippen molar-refractivity contribution in [1.29, 1.82) is 0 Å². The number of aromatic nitrogens is 1. The third kappa shape index (κ3) is 3.06. The Morgan fingerprint density at radius 1 is 1.30 bits per heavy atom. The molecule has 0 aromatic carbocycles. The van der Waals surface area contributed by atoms with E-state index in [1.165, 1.54) is 5.57 Å². The van der Waals surface area contributed by atoms with Gasteiger partial charge in [0, 0.05) is 12.3 Å². The van der Waals surface area contributed by atoms with Crippen molar-refractivity contribution < 1.29 is 19.1 Å². The highest BCUT2D eigenvalue weighted by Crippen LogP contribution is 2.50. The molecule has 1 aromatic rings. The van der Waals surface area contributed by atoms with Crippen molar-refractivity contribution >= 4 is 11.5 Å². The molecule has 0 radical (unpaired) electrons. The first kappa shape index (κ1) is 18.5. The molecule has 1 N–H and O–H groups in total. The molecule has 0 amide bonds. The van der Waals surface area contributed by atoms with Gasteiger partial charge in [-0.15, -0.1) is 0 Å². The van der Waals surface area contributed by atoms with Gasteiger partial charge in [0.25, 0.3) is 5.89 Å². The first-order valence-corrected chi connectivity index (χ1v) is 9.85. The zero-order valence-electron chi connectivity index (χ0n) is 16.8. The van der Waals surface area contributed by atoms with Gasteiger partial charge in [-0.05, 0) is 43.1 Å². The smallest absolute Gasteiger partial charge is 0.262 e. The predicted octanol–water partition coefficient (Wildman–Crippen LogP) is 4.83. The lowest BCUT2D eigenvalue weighted by atomic mass is 9.63. The average Bonchev–Trinajstić information content (AvgIpc) is 3.14. The van der Waals surface area contributed by atoms with E-state index in [0.29, 0.717) is 24.5 Å². The number of ether oxygens (including phenoxy) is 1. The number of Topliss-reactive ketones (excluding diaryl/α,β-unsaturated/α-hetero) is 1. The van der Waals surface area contributed by atoms with E-state index in [9.17, 15) is 9.90 Å². The van der Waals surface area contributed by atoms with E-state index in [0.717, 1.165) is 12.8 Å². The molecular formula is C22H29NO4. The number of ketones is 1. The number of aliphatic hydroxyl groups is 1. The van der Waals surface area contributed by atoms with Crippen LogP contribution in [-0.4, -0.2) is 22.0 Å². The van der Waals surface area contributed by atoms with Crippen LogP contribution in [0.15, 0.2) is 22.1 Å². The summed E-state index contributed by atoms with van der Waals surface area (Å²) >= 11 is 0. The molecule has 5 heteroatoms. The summed E-state index contributed by atoms with van der Waals surface area (Å²) in [5.41, 5.74) is 1.18. The fourth-order valence-electron chi connectivity index (χ4n) is 4.34. The molecule has 0 bridgehead atoms. The van der Waals surface area contributed by atoms with Crippen molar-refractivity contribution in [3.8, 4) is 0 Å². The Balaban J connectivity index is 1.65. The summed E-state index contributed by atoms with van der Waals surface area (Å²) in [6, 6.07) is 0. The molecule has 27 heavy (non-hydrogen) atoms. The Kier molecular flexibility index (Phi) is 4.15. The summed E-state index contributed by atoms with van der Waals surface area (Å²) in [7, 11) is 0. The van der Waals surface area contributed by atoms with E-state index >= 15 is 0 Å². The molecule has 2 aliphatic carbocycles. The second-order valence-electron chi connectivity index (χ2n) is 9.68. The number of carbonyl (C=O) groups is 1. The number of aliphatic hydroxyl groups excluding tert-OH is 1. The van der Waals surface area contributed by atoms with Crippen molar-refractivity contribution in [2.45, 2.75) is 72.5 Å². The van der Waals surface area contributed by atoms with Crippen LogP contribution in [-0.2, 0) is 4.74 Å². The SMILES string of the molecule is CC1=CC2C=C(c3nc4c(o3)C(O)CC(C)(C(C)(C)C)CC4=O)OC2CC1. The highest BCUT2D eigenvalue weighted by Gasteiger charge is 2.46. The van der Waals surface area contributed by atoms with Gasteiger partial charge in [-0.3, -0.25) is 4.79 Å². The maximum atomic E-state index is 12.9. The number of hydrogen-bond donors (Lipinski definition) is 1. The van der Waals surface area contributed by atoms with Crippen molar-refractivity contribution in [2.75, 3.05) is 0 Å². The predicted molar refractivity (Wildman–Crippen MR) is 102 cm³/mol. The van der Waals surface area contributed by atoms with Crippen molar-refractivity contribution in [1.82, 2.24) is 4.98 Å². The van der Waals surface area contributed by atoms with Gasteiger partial charge in [0.1, 0.15) is 12.2 Å². The Morgan fingerprint density at radius 2 is 2.04 bits per heavy atom. The van der Waals surface area contributed by atoms with E-state index in [1.54, 1.807) is 0 Å². The van der Waals surface area contributed by atoms with Gasteiger partial charge >= 0.3 is 0 Å². The zero-order chi connectivity index (χ0) is 19.6. The molecule has 146 valence electrons. The lowest BCUT2D eigenvalue weighted by Crippen LogP contribution is -2.35. The molecule has 0 saturated heterocycles. The minimum atomic E-state index is -0.844. The van der Waals surface area contributed by atoms with Crippen LogP contribution in [0.25, 0.3) is 5.76 Å². The number of rotatable bonds is 1. The summed E-state index contributed by atoms with van der Waals surface area (Å²) in [6.45, 7) is 10.5. The minimum absolute atomic E-state index is 0.0688. The highest BCUT2D eigenvalue weighted by atomic mass is 16.5. The fourth-order valence-corrected chi connectivity index (χ4v) is 4.34. The number of fused-ring (bicyclic) bond motifs is 2. The summed E-state index contributed by atoms with van der Waals surface area (Å²) in [6.07, 6.45) is 6.34. The van der Waals surface area contributed by atoms with Crippen LogP contribution in [0.4, 0.5) is 0 Å². The van der Waals surface area contributed by atoms with Crippen LogP contribution in [0.2, 0.25) is 0 Å². The molecule has 3 aliphatic rings. The van der Waals surface area contributed by atoms with Gasteiger partial charge < -0.3 is 14.3 Å². The minimum Gasteiger partial charge on any atom is -0.484 e. The standard InChI is InChI=1S/C22H29NO4/c1-12-6-7-16-13(8-12)9-17(26-16)20-23-18-14(24)10-22(5,21(2,3)4)11-15(25)19(18)27-20/h8-9,13,15-16,25H,6-7,10-11H2,1-5H3. The normalized spacial score (nSPS) is 33.6. The summed E-state index contributed by atoms with van der Waals surface area (Å²) in [4.78, 5) is 17.4. The Bertz CT molecular complexity index is 841. The molecule has 1 aliphatic heterocycles. The summed E-state index contributed by atoms with van der Waals surface area (Å²) < 4.78 is 11.9. The Labute approximate surface area is 160 Å². The second kappa shape index (κ2) is 6.06. The van der Waals surface area contributed by atoms with E-state index < -0.39 is 6.10 Å². The third-order valence-electron chi connectivity index (χ3n) is 6.79. The first-order chi connectivity index (χ1) is 12.6. The maximum absolute atomic E-state index is 12.9. The van der Waals surface area contributed by atoms with Crippen LogP contribution >= 0.6 is 0 Å². The Hall–Kier alpha value is -1.88. The van der Waals surface area contributed by atoms with Crippen molar-refractivity contribution in [3.63, 3.8) is 0 Å². The molecule has 5 nitrogen and oxygen atoms in total. The largest absolute Gasteiger partial charge is 0.484 e. The monoisotopic (exact) mass is 371 g/mol. The maximum Gasteiger partial charge on any atom is 0.262 e. The molecule has 1 aromatic heterocycles. The van der Waals surface area contributed by atoms with Crippen molar-refractivity contribution in [3.05, 3.63) is 35.1 Å². The van der Waals surface area contributed by atoms with E-state index in [2.05, 4.69) is 45.7 Å². The lowest BCUT2D eigenvalue weighted by molar-refractivity contribution is 0.0208. The fraction of sp³-hybridized carbons (Fsp3) is 0.636. The van der Waals surface area contributed by atoms with Crippen LogP contribution in [0.3, 0.4) is 0 Å². The number of nitrogens with zero attached hydrogens (tertiary/aromatic N) is 1. The van der Waals surface area contributed by atoms with Crippen molar-refractivity contribution in [2.24, 2.45) is 16.7 Å². The molecule has 0 fully saturated rings. The average molecular weight is 371 g/mol. The van der Waals surface area contributed by atoms with Gasteiger partial charge in [0.2, 0.25) is 0 Å². The van der Waals surface area contributed by atoms with Gasteiger partial charge in [-0.25, -0.2) is 4.98 Å². The van der Waals surface area contributed by atoms with Crippen LogP contribution in [0.1, 0.15) is 88.5 Å². The van der Waals surface area contributed by atoms with E-state index in [4.69, 9.17) is 9.15 Å². The number of allylic oxidation sites excluding steroid dienone is 1. The molecule has 0 spiro atoms. The molecule has 0 saturated carbocycles. The third-order valence-corrected chi connectivity index (χ3v) is 6.79. The molecule has 4 unspecified atom stereocenters. The highest BCUT2D eigenvalue weighted by molar-refractivity contribution is 5.96. The molecule has 4 atom stereocenters. The number of oxazole rings is 1. The zero-order valence-corrected chi connectivity index (χ0v) is 16.8. The van der Waals surface area contributed by atoms with Gasteiger partial charge in [0.15, 0.2) is 23.0 Å². The molecule has 2 heterocycles. The number of hydrogen-bond acceptors (Lipinski definition) is 5. The first-order valence-electron chi connectivity index (χ1n) is 9.85. The summed E-state index contributed by atoms with van der Waals surface area (Å²) in [5, 5.41) is 10.8. The van der Waals surface area contributed by atoms with Crippen LogP contribution in [0.5, 0.6) is 0 Å². The lowest BCUT2D eigenvalue weighted by Gasteiger charge is -2.41. The molecular weight excluding hydrogens is 342 g/mol.